The zero-order valence-corrected chi connectivity index (χ0v) is 12.7. The molecule has 1 aromatic heterocycles. The first-order valence-electron chi connectivity index (χ1n) is 6.80. The van der Waals surface area contributed by atoms with Crippen molar-refractivity contribution >= 4 is 17.3 Å². The van der Waals surface area contributed by atoms with Crippen LogP contribution in [-0.2, 0) is 0 Å². The molecule has 1 heterocycles. The average molecular weight is 309 g/mol. The van der Waals surface area contributed by atoms with Gasteiger partial charge in [0, 0.05) is 17.7 Å². The molecule has 21 heavy (non-hydrogen) atoms. The Morgan fingerprint density at radius 1 is 1.38 bits per heavy atom. The van der Waals surface area contributed by atoms with E-state index in [0.717, 1.165) is 18.7 Å². The summed E-state index contributed by atoms with van der Waals surface area (Å²) >= 11 is 6.11. The van der Waals surface area contributed by atoms with Gasteiger partial charge in [0.1, 0.15) is 11.5 Å². The van der Waals surface area contributed by atoms with E-state index in [4.69, 9.17) is 16.0 Å². The standard InChI is InChI=1S/C15H17ClN2O3/c1-3-8-17-10(2)14-6-7-15(21-14)12-9-11(18(19)20)4-5-13(12)16/h4-7,9-10,17H,3,8H2,1-2H3. The highest BCUT2D eigenvalue weighted by Gasteiger charge is 2.16. The lowest BCUT2D eigenvalue weighted by Gasteiger charge is -2.10. The van der Waals surface area contributed by atoms with Crippen molar-refractivity contribution in [2.45, 2.75) is 26.3 Å². The Morgan fingerprint density at radius 2 is 2.14 bits per heavy atom. The van der Waals surface area contributed by atoms with Gasteiger partial charge in [-0.25, -0.2) is 0 Å². The molecule has 0 bridgehead atoms. The predicted octanol–water partition coefficient (Wildman–Crippen LogP) is 4.57. The number of hydrogen-bond acceptors (Lipinski definition) is 4. The molecule has 0 aliphatic carbocycles. The molecule has 0 fully saturated rings. The molecule has 0 radical (unpaired) electrons. The van der Waals surface area contributed by atoms with Crippen LogP contribution in [0.2, 0.25) is 5.02 Å². The number of hydrogen-bond donors (Lipinski definition) is 1. The number of furan rings is 1. The van der Waals surface area contributed by atoms with Crippen LogP contribution in [0.3, 0.4) is 0 Å². The molecule has 0 aliphatic heterocycles. The van der Waals surface area contributed by atoms with Gasteiger partial charge in [-0.05, 0) is 38.1 Å². The lowest BCUT2D eigenvalue weighted by molar-refractivity contribution is -0.384. The summed E-state index contributed by atoms with van der Waals surface area (Å²) in [5.74, 6) is 1.31. The molecule has 1 aromatic carbocycles. The van der Waals surface area contributed by atoms with Gasteiger partial charge in [-0.1, -0.05) is 18.5 Å². The molecule has 6 heteroatoms. The van der Waals surface area contributed by atoms with Crippen molar-refractivity contribution in [2.24, 2.45) is 0 Å². The van der Waals surface area contributed by atoms with Crippen LogP contribution in [0, 0.1) is 10.1 Å². The summed E-state index contributed by atoms with van der Waals surface area (Å²) in [7, 11) is 0. The molecule has 0 saturated heterocycles. The normalized spacial score (nSPS) is 12.3. The third-order valence-electron chi connectivity index (χ3n) is 3.18. The van der Waals surface area contributed by atoms with Crippen LogP contribution in [0.4, 0.5) is 5.69 Å². The van der Waals surface area contributed by atoms with Gasteiger partial charge in [-0.3, -0.25) is 10.1 Å². The Hall–Kier alpha value is -1.85. The number of rotatable bonds is 6. The van der Waals surface area contributed by atoms with Gasteiger partial charge in [-0.2, -0.15) is 0 Å². The third-order valence-corrected chi connectivity index (χ3v) is 3.51. The van der Waals surface area contributed by atoms with Crippen molar-refractivity contribution in [1.82, 2.24) is 5.32 Å². The number of benzene rings is 1. The van der Waals surface area contributed by atoms with E-state index in [9.17, 15) is 10.1 Å². The maximum Gasteiger partial charge on any atom is 0.270 e. The minimum absolute atomic E-state index is 0.00972. The van der Waals surface area contributed by atoms with Crippen LogP contribution < -0.4 is 5.32 Å². The van der Waals surface area contributed by atoms with E-state index in [0.29, 0.717) is 16.3 Å². The summed E-state index contributed by atoms with van der Waals surface area (Å²) < 4.78 is 5.77. The first-order valence-corrected chi connectivity index (χ1v) is 7.18. The van der Waals surface area contributed by atoms with Crippen LogP contribution in [0.25, 0.3) is 11.3 Å². The fourth-order valence-electron chi connectivity index (χ4n) is 2.01. The van der Waals surface area contributed by atoms with Crippen LogP contribution >= 0.6 is 11.6 Å². The highest BCUT2D eigenvalue weighted by molar-refractivity contribution is 6.33. The molecular weight excluding hydrogens is 292 g/mol. The van der Waals surface area contributed by atoms with Gasteiger partial charge in [0.15, 0.2) is 0 Å². The van der Waals surface area contributed by atoms with Gasteiger partial charge in [0.05, 0.1) is 16.0 Å². The largest absolute Gasteiger partial charge is 0.459 e. The van der Waals surface area contributed by atoms with Crippen molar-refractivity contribution in [3.63, 3.8) is 0 Å². The van der Waals surface area contributed by atoms with Crippen molar-refractivity contribution < 1.29 is 9.34 Å². The van der Waals surface area contributed by atoms with Crippen molar-refractivity contribution in [3.05, 3.63) is 51.2 Å². The molecule has 0 aliphatic rings. The Bertz CT molecular complexity index is 640. The molecule has 5 nitrogen and oxygen atoms in total. The molecule has 112 valence electrons. The molecule has 1 atom stereocenters. The topological polar surface area (TPSA) is 68.3 Å². The first kappa shape index (κ1) is 15.5. The Morgan fingerprint density at radius 3 is 2.81 bits per heavy atom. The molecule has 2 aromatic rings. The van der Waals surface area contributed by atoms with Crippen LogP contribution in [0.5, 0.6) is 0 Å². The summed E-state index contributed by atoms with van der Waals surface area (Å²) in [5.41, 5.74) is 0.518. The smallest absolute Gasteiger partial charge is 0.270 e. The number of nitro benzene ring substituents is 1. The van der Waals surface area contributed by atoms with Crippen LogP contribution in [0.1, 0.15) is 32.1 Å². The second-order valence-electron chi connectivity index (χ2n) is 4.80. The maximum atomic E-state index is 10.8. The SMILES string of the molecule is CCCNC(C)c1ccc(-c2cc([N+](=O)[O-])ccc2Cl)o1. The minimum atomic E-state index is -0.449. The minimum Gasteiger partial charge on any atom is -0.459 e. The molecule has 1 N–H and O–H groups in total. The van der Waals surface area contributed by atoms with E-state index in [1.165, 1.54) is 18.2 Å². The van der Waals surface area contributed by atoms with Gasteiger partial charge < -0.3 is 9.73 Å². The van der Waals surface area contributed by atoms with Crippen molar-refractivity contribution in [2.75, 3.05) is 6.54 Å². The molecule has 2 rings (SSSR count). The van der Waals surface area contributed by atoms with Crippen molar-refractivity contribution in [1.29, 1.82) is 0 Å². The number of nitrogens with zero attached hydrogens (tertiary/aromatic N) is 1. The summed E-state index contributed by atoms with van der Waals surface area (Å²) in [4.78, 5) is 10.4. The summed E-state index contributed by atoms with van der Waals surface area (Å²) in [6.07, 6.45) is 1.04. The van der Waals surface area contributed by atoms with E-state index in [1.54, 1.807) is 6.07 Å². The Balaban J connectivity index is 2.29. The lowest BCUT2D eigenvalue weighted by Crippen LogP contribution is -2.18. The van der Waals surface area contributed by atoms with Gasteiger partial charge in [0.25, 0.3) is 5.69 Å². The quantitative estimate of drug-likeness (QED) is 0.627. The number of nitro groups is 1. The summed E-state index contributed by atoms with van der Waals surface area (Å²) in [6.45, 7) is 5.00. The first-order chi connectivity index (χ1) is 10.0. The summed E-state index contributed by atoms with van der Waals surface area (Å²) in [5, 5.41) is 14.6. The Kier molecular flexibility index (Phi) is 4.98. The van der Waals surface area contributed by atoms with E-state index < -0.39 is 4.92 Å². The van der Waals surface area contributed by atoms with Gasteiger partial charge >= 0.3 is 0 Å². The van der Waals surface area contributed by atoms with Crippen LogP contribution in [-0.4, -0.2) is 11.5 Å². The fraction of sp³-hybridized carbons (Fsp3) is 0.333. The highest BCUT2D eigenvalue weighted by Crippen LogP contribution is 2.33. The fourth-order valence-corrected chi connectivity index (χ4v) is 2.22. The third kappa shape index (κ3) is 3.62. The van der Waals surface area contributed by atoms with Gasteiger partial charge in [-0.15, -0.1) is 0 Å². The summed E-state index contributed by atoms with van der Waals surface area (Å²) in [6, 6.07) is 8.03. The molecule has 0 amide bonds. The van der Waals surface area contributed by atoms with Crippen molar-refractivity contribution in [3.8, 4) is 11.3 Å². The highest BCUT2D eigenvalue weighted by atomic mass is 35.5. The number of nitrogens with one attached hydrogen (secondary N) is 1. The second-order valence-corrected chi connectivity index (χ2v) is 5.21. The second kappa shape index (κ2) is 6.74. The van der Waals surface area contributed by atoms with E-state index in [2.05, 4.69) is 12.2 Å². The Labute approximate surface area is 128 Å². The predicted molar refractivity (Wildman–Crippen MR) is 82.5 cm³/mol. The van der Waals surface area contributed by atoms with E-state index in [-0.39, 0.29) is 11.7 Å². The van der Waals surface area contributed by atoms with Gasteiger partial charge in [0.2, 0.25) is 0 Å². The van der Waals surface area contributed by atoms with E-state index in [1.807, 2.05) is 13.0 Å². The monoisotopic (exact) mass is 308 g/mol. The van der Waals surface area contributed by atoms with Crippen LogP contribution in [0.15, 0.2) is 34.7 Å². The maximum absolute atomic E-state index is 10.8. The number of halogens is 1. The molecular formula is C15H17ClN2O3. The van der Waals surface area contributed by atoms with E-state index >= 15 is 0 Å². The number of non-ortho nitro benzene ring substituents is 1. The molecule has 0 spiro atoms. The average Bonchev–Trinajstić information content (AvgIpc) is 2.94. The lowest BCUT2D eigenvalue weighted by atomic mass is 10.1. The zero-order chi connectivity index (χ0) is 15.4. The molecule has 0 saturated carbocycles. The zero-order valence-electron chi connectivity index (χ0n) is 11.9. The molecule has 1 unspecified atom stereocenters.